The number of hydrogen-bond acceptors (Lipinski definition) is 9. The van der Waals surface area contributed by atoms with E-state index in [0.29, 0.717) is 12.2 Å². The van der Waals surface area contributed by atoms with E-state index >= 15 is 0 Å². The molecule has 98 valence electrons. The smallest absolute Gasteiger partial charge is 0.548 e. The van der Waals surface area contributed by atoms with Gasteiger partial charge in [-0.1, -0.05) is 6.92 Å². The number of hydrogen-bond donors (Lipinski definition) is 2. The maximum absolute atomic E-state index is 10.3. The molecule has 1 aromatic rings. The number of carbonyl (C=O) groups is 2. The summed E-state index contributed by atoms with van der Waals surface area (Å²) >= 11 is 0. The number of aryl methyl sites for hydroxylation is 1. The quantitative estimate of drug-likeness (QED) is 0.469. The number of nitrogens with zero attached hydrogens (tertiary/aromatic N) is 3. The molecule has 1 aromatic heterocycles. The van der Waals surface area contributed by atoms with Crippen molar-refractivity contribution in [1.82, 2.24) is 15.0 Å². The summed E-state index contributed by atoms with van der Waals surface area (Å²) < 4.78 is 0. The van der Waals surface area contributed by atoms with Crippen LogP contribution in [-0.4, -0.2) is 40.0 Å². The number of anilines is 2. The van der Waals surface area contributed by atoms with Crippen LogP contribution < -0.4 is 80.0 Å². The molecule has 0 aromatic carbocycles. The van der Waals surface area contributed by atoms with Crippen molar-refractivity contribution in [3.63, 3.8) is 0 Å². The first kappa shape index (κ1) is 21.8. The third-order valence-corrected chi connectivity index (χ3v) is 1.78. The topological polar surface area (TPSA) is 143 Å². The van der Waals surface area contributed by atoms with Crippen molar-refractivity contribution in [2.75, 3.05) is 23.7 Å². The molecular weight excluding hydrogens is 288 g/mol. The molecule has 0 bridgehead atoms. The molecule has 20 heavy (non-hydrogen) atoms. The molecule has 0 fully saturated rings. The Morgan fingerprint density at radius 1 is 0.950 bits per heavy atom. The Bertz CT molecular complexity index is 424. The molecule has 1 heterocycles. The van der Waals surface area contributed by atoms with Crippen LogP contribution in [0, 0.1) is 0 Å². The molecular formula is C9H11N5Na2O4. The van der Waals surface area contributed by atoms with Crippen LogP contribution in [0.2, 0.25) is 0 Å². The van der Waals surface area contributed by atoms with Crippen LogP contribution in [0.25, 0.3) is 0 Å². The van der Waals surface area contributed by atoms with Crippen LogP contribution in [0.5, 0.6) is 0 Å². The van der Waals surface area contributed by atoms with E-state index in [9.17, 15) is 19.8 Å². The first-order valence-corrected chi connectivity index (χ1v) is 5.13. The van der Waals surface area contributed by atoms with E-state index in [-0.39, 0.29) is 71.0 Å². The number of rotatable bonds is 7. The zero-order valence-corrected chi connectivity index (χ0v) is 15.6. The first-order chi connectivity index (χ1) is 8.51. The number of aliphatic carboxylic acids is 2. The monoisotopic (exact) mass is 299 g/mol. The van der Waals surface area contributed by atoms with E-state index in [1.807, 2.05) is 0 Å². The van der Waals surface area contributed by atoms with Crippen LogP contribution in [0.15, 0.2) is 0 Å². The molecule has 0 atom stereocenters. The Hall–Kier alpha value is -0.450. The Morgan fingerprint density at radius 3 is 1.65 bits per heavy atom. The zero-order valence-electron chi connectivity index (χ0n) is 11.6. The second-order valence-electron chi connectivity index (χ2n) is 3.20. The van der Waals surface area contributed by atoms with Crippen molar-refractivity contribution in [1.29, 1.82) is 0 Å². The molecule has 9 nitrogen and oxygen atoms in total. The van der Waals surface area contributed by atoms with E-state index in [1.54, 1.807) is 6.92 Å². The molecule has 0 radical (unpaired) electrons. The Labute approximate surface area is 159 Å². The van der Waals surface area contributed by atoms with E-state index in [2.05, 4.69) is 25.6 Å². The number of carboxylic acid groups (broad SMARTS) is 2. The van der Waals surface area contributed by atoms with Crippen molar-refractivity contribution >= 4 is 23.8 Å². The van der Waals surface area contributed by atoms with Gasteiger partial charge in [-0.3, -0.25) is 0 Å². The normalized spacial score (nSPS) is 8.85. The molecule has 11 heteroatoms. The number of nitrogens with one attached hydrogen (secondary N) is 2. The van der Waals surface area contributed by atoms with Crippen molar-refractivity contribution in [3.05, 3.63) is 5.82 Å². The number of carbonyl (C=O) groups excluding carboxylic acids is 2. The fourth-order valence-corrected chi connectivity index (χ4v) is 1.04. The number of aromatic nitrogens is 3. The summed E-state index contributed by atoms with van der Waals surface area (Å²) in [5.74, 6) is -2.15. The molecule has 2 N–H and O–H groups in total. The molecule has 1 rings (SSSR count). The molecule has 0 saturated heterocycles. The number of carboxylic acids is 2. The van der Waals surface area contributed by atoms with E-state index in [4.69, 9.17) is 0 Å². The van der Waals surface area contributed by atoms with Gasteiger partial charge in [0.2, 0.25) is 11.9 Å². The molecule has 0 unspecified atom stereocenters. The summed E-state index contributed by atoms with van der Waals surface area (Å²) in [4.78, 5) is 32.2. The minimum atomic E-state index is -1.31. The van der Waals surface area contributed by atoms with Gasteiger partial charge in [0.1, 0.15) is 5.82 Å². The second kappa shape index (κ2) is 11.2. The molecule has 0 aliphatic carbocycles. The summed E-state index contributed by atoms with van der Waals surface area (Å²) in [6.45, 7) is 0.889. The standard InChI is InChI=1S/C9H13N5O4.2Na/c1-2-5-12-8(10-3-6(15)16)14-9(13-5)11-4-7(17)18;;/h2-4H2,1H3,(H,15,16)(H,17,18)(H2,10,11,12,13,14);;/q;2*+1/p-2. The Balaban J connectivity index is 0. The third kappa shape index (κ3) is 8.67. The van der Waals surface area contributed by atoms with Crippen molar-refractivity contribution in [3.8, 4) is 0 Å². The third-order valence-electron chi connectivity index (χ3n) is 1.78. The molecule has 0 aliphatic rings. The van der Waals surface area contributed by atoms with E-state index in [0.717, 1.165) is 0 Å². The molecule has 0 saturated carbocycles. The van der Waals surface area contributed by atoms with E-state index < -0.39 is 25.0 Å². The maximum atomic E-state index is 10.3. The summed E-state index contributed by atoms with van der Waals surface area (Å²) in [6, 6.07) is 0. The van der Waals surface area contributed by atoms with Gasteiger partial charge in [0, 0.05) is 6.42 Å². The summed E-state index contributed by atoms with van der Waals surface area (Å²) in [5.41, 5.74) is 0. The van der Waals surface area contributed by atoms with Crippen LogP contribution in [0.4, 0.5) is 11.9 Å². The van der Waals surface area contributed by atoms with Crippen molar-refractivity contribution < 1.29 is 78.9 Å². The molecule has 0 spiro atoms. The fraction of sp³-hybridized carbons (Fsp3) is 0.444. The minimum absolute atomic E-state index is 0. The van der Waals surface area contributed by atoms with Crippen LogP contribution in [0.3, 0.4) is 0 Å². The largest absolute Gasteiger partial charge is 1.00 e. The predicted molar refractivity (Wildman–Crippen MR) is 56.2 cm³/mol. The van der Waals surface area contributed by atoms with Gasteiger partial charge >= 0.3 is 59.1 Å². The van der Waals surface area contributed by atoms with Gasteiger partial charge in [0.25, 0.3) is 0 Å². The summed E-state index contributed by atoms with van der Waals surface area (Å²) in [6.07, 6.45) is 0.489. The van der Waals surface area contributed by atoms with Crippen LogP contribution >= 0.6 is 0 Å². The average molecular weight is 299 g/mol. The Kier molecular flexibility index (Phi) is 12.3. The second-order valence-corrected chi connectivity index (χ2v) is 3.20. The summed E-state index contributed by atoms with van der Waals surface area (Å²) in [5, 5.41) is 25.4. The van der Waals surface area contributed by atoms with Gasteiger partial charge < -0.3 is 30.4 Å². The van der Waals surface area contributed by atoms with Crippen LogP contribution in [0.1, 0.15) is 12.7 Å². The van der Waals surface area contributed by atoms with Gasteiger partial charge in [-0.15, -0.1) is 0 Å². The fourth-order valence-electron chi connectivity index (χ4n) is 1.04. The first-order valence-electron chi connectivity index (χ1n) is 5.13. The zero-order chi connectivity index (χ0) is 13.5. The van der Waals surface area contributed by atoms with Crippen LogP contribution in [-0.2, 0) is 16.0 Å². The van der Waals surface area contributed by atoms with Gasteiger partial charge in [0.05, 0.1) is 25.0 Å². The SMILES string of the molecule is CCc1nc(NCC(=O)[O-])nc(NCC(=O)[O-])n1.[Na+].[Na+]. The van der Waals surface area contributed by atoms with Crippen molar-refractivity contribution in [2.24, 2.45) is 0 Å². The summed E-state index contributed by atoms with van der Waals surface area (Å²) in [7, 11) is 0. The van der Waals surface area contributed by atoms with Gasteiger partial charge in [0.15, 0.2) is 0 Å². The van der Waals surface area contributed by atoms with Gasteiger partial charge in [-0.2, -0.15) is 15.0 Å². The Morgan fingerprint density at radius 2 is 1.35 bits per heavy atom. The van der Waals surface area contributed by atoms with Gasteiger partial charge in [-0.25, -0.2) is 0 Å². The minimum Gasteiger partial charge on any atom is -0.548 e. The predicted octanol–water partition coefficient (Wildman–Crippen LogP) is -9.23. The molecule has 0 aliphatic heterocycles. The maximum Gasteiger partial charge on any atom is 1.00 e. The van der Waals surface area contributed by atoms with E-state index in [1.165, 1.54) is 0 Å². The van der Waals surface area contributed by atoms with Gasteiger partial charge in [-0.05, 0) is 0 Å². The molecule has 0 amide bonds. The van der Waals surface area contributed by atoms with Crippen molar-refractivity contribution in [2.45, 2.75) is 13.3 Å². The average Bonchev–Trinajstić information content (AvgIpc) is 2.33.